The third kappa shape index (κ3) is 2.03. The Morgan fingerprint density at radius 1 is 1.19 bits per heavy atom. The molecule has 4 rings (SSSR count). The van der Waals surface area contributed by atoms with E-state index in [0.717, 1.165) is 35.8 Å². The Morgan fingerprint density at radius 3 is 2.95 bits per heavy atom. The number of imidazole rings is 1. The van der Waals surface area contributed by atoms with Crippen molar-refractivity contribution in [3.8, 4) is 0 Å². The van der Waals surface area contributed by atoms with E-state index in [1.54, 1.807) is 0 Å². The maximum Gasteiger partial charge on any atom is 0.159 e. The van der Waals surface area contributed by atoms with Gasteiger partial charge in [0.2, 0.25) is 0 Å². The van der Waals surface area contributed by atoms with Gasteiger partial charge < -0.3 is 13.9 Å². The second-order valence-corrected chi connectivity index (χ2v) is 5.53. The number of aromatic nitrogens is 5. The first-order valence-corrected chi connectivity index (χ1v) is 7.13. The lowest BCUT2D eigenvalue weighted by Crippen LogP contribution is -2.19. The molecule has 0 bridgehead atoms. The largest absolute Gasteiger partial charge is 0.372 e. The molecule has 6 nitrogen and oxygen atoms in total. The Labute approximate surface area is 122 Å². The highest BCUT2D eigenvalue weighted by atomic mass is 16.5. The topological polar surface area (TPSA) is 57.8 Å². The molecule has 0 aliphatic carbocycles. The van der Waals surface area contributed by atoms with E-state index in [9.17, 15) is 0 Å². The standard InChI is InChI=1S/C15H17N5O/c1-10-5-12-13(6-11(10)2)19(9-16-12)7-14-17-18-15-8-21-4-3-20(14)15/h5-6,9H,3-4,7-8H2,1-2H3. The smallest absolute Gasteiger partial charge is 0.159 e. The van der Waals surface area contributed by atoms with Crippen molar-refractivity contribution in [1.29, 1.82) is 0 Å². The number of hydrogen-bond donors (Lipinski definition) is 0. The van der Waals surface area contributed by atoms with Crippen molar-refractivity contribution in [2.75, 3.05) is 6.61 Å². The van der Waals surface area contributed by atoms with E-state index in [0.29, 0.717) is 13.2 Å². The highest BCUT2D eigenvalue weighted by Crippen LogP contribution is 2.19. The van der Waals surface area contributed by atoms with Crippen LogP contribution in [0, 0.1) is 13.8 Å². The molecule has 108 valence electrons. The Hall–Kier alpha value is -2.21. The average molecular weight is 283 g/mol. The van der Waals surface area contributed by atoms with Gasteiger partial charge in [-0.1, -0.05) is 0 Å². The first-order chi connectivity index (χ1) is 10.2. The Morgan fingerprint density at radius 2 is 2.05 bits per heavy atom. The summed E-state index contributed by atoms with van der Waals surface area (Å²) in [5, 5.41) is 8.51. The summed E-state index contributed by atoms with van der Waals surface area (Å²) >= 11 is 0. The minimum absolute atomic E-state index is 0.552. The van der Waals surface area contributed by atoms with Crippen molar-refractivity contribution >= 4 is 11.0 Å². The molecular weight excluding hydrogens is 266 g/mol. The zero-order chi connectivity index (χ0) is 14.4. The minimum atomic E-state index is 0.552. The van der Waals surface area contributed by atoms with Gasteiger partial charge in [-0.05, 0) is 37.1 Å². The van der Waals surface area contributed by atoms with Crippen molar-refractivity contribution in [2.45, 2.75) is 33.5 Å². The van der Waals surface area contributed by atoms with Gasteiger partial charge in [0.15, 0.2) is 11.6 Å². The van der Waals surface area contributed by atoms with E-state index in [1.807, 2.05) is 6.33 Å². The second kappa shape index (κ2) is 4.66. The highest BCUT2D eigenvalue weighted by Gasteiger charge is 2.17. The summed E-state index contributed by atoms with van der Waals surface area (Å²) in [4.78, 5) is 4.49. The van der Waals surface area contributed by atoms with Gasteiger partial charge in [-0.25, -0.2) is 4.98 Å². The number of nitrogens with zero attached hydrogens (tertiary/aromatic N) is 5. The summed E-state index contributed by atoms with van der Waals surface area (Å²) in [6.45, 7) is 7.02. The quantitative estimate of drug-likeness (QED) is 0.720. The molecule has 0 saturated heterocycles. The zero-order valence-corrected chi connectivity index (χ0v) is 12.2. The molecular formula is C15H17N5O. The number of ether oxygens (including phenoxy) is 1. The summed E-state index contributed by atoms with van der Waals surface area (Å²) in [7, 11) is 0. The molecule has 3 aromatic rings. The maximum atomic E-state index is 5.40. The van der Waals surface area contributed by atoms with E-state index in [1.165, 1.54) is 11.1 Å². The van der Waals surface area contributed by atoms with Crippen LogP contribution in [-0.2, 0) is 24.4 Å². The van der Waals surface area contributed by atoms with Gasteiger partial charge in [-0.3, -0.25) is 0 Å². The van der Waals surface area contributed by atoms with Crippen LogP contribution in [0.5, 0.6) is 0 Å². The second-order valence-electron chi connectivity index (χ2n) is 5.53. The lowest BCUT2D eigenvalue weighted by molar-refractivity contribution is 0.0805. The maximum absolute atomic E-state index is 5.40. The summed E-state index contributed by atoms with van der Waals surface area (Å²) in [5.41, 5.74) is 4.72. The number of hydrogen-bond acceptors (Lipinski definition) is 4. The number of benzene rings is 1. The fraction of sp³-hybridized carbons (Fsp3) is 0.400. The normalized spacial score (nSPS) is 14.6. The zero-order valence-electron chi connectivity index (χ0n) is 12.2. The summed E-state index contributed by atoms with van der Waals surface area (Å²) in [6.07, 6.45) is 1.88. The molecule has 1 aromatic carbocycles. The van der Waals surface area contributed by atoms with Gasteiger partial charge in [0.05, 0.1) is 30.5 Å². The molecule has 2 aromatic heterocycles. The number of fused-ring (bicyclic) bond motifs is 2. The predicted molar refractivity (Wildman–Crippen MR) is 78.0 cm³/mol. The first kappa shape index (κ1) is 12.5. The van der Waals surface area contributed by atoms with Crippen LogP contribution < -0.4 is 0 Å². The fourth-order valence-corrected chi connectivity index (χ4v) is 2.77. The minimum Gasteiger partial charge on any atom is -0.372 e. The van der Waals surface area contributed by atoms with Crippen molar-refractivity contribution in [1.82, 2.24) is 24.3 Å². The van der Waals surface area contributed by atoms with Crippen LogP contribution in [0.15, 0.2) is 18.5 Å². The van der Waals surface area contributed by atoms with E-state index in [2.05, 4.69) is 50.3 Å². The Balaban J connectivity index is 1.74. The predicted octanol–water partition coefficient (Wildman–Crippen LogP) is 1.82. The van der Waals surface area contributed by atoms with Crippen LogP contribution in [-0.4, -0.2) is 30.9 Å². The SMILES string of the molecule is Cc1cc2ncn(Cc3nnc4n3CCOC4)c2cc1C. The summed E-state index contributed by atoms with van der Waals surface area (Å²) in [6, 6.07) is 4.32. The molecule has 0 unspecified atom stereocenters. The van der Waals surface area contributed by atoms with Crippen molar-refractivity contribution in [3.05, 3.63) is 41.2 Å². The van der Waals surface area contributed by atoms with Gasteiger partial charge in [0.1, 0.15) is 6.61 Å². The first-order valence-electron chi connectivity index (χ1n) is 7.13. The molecule has 0 spiro atoms. The van der Waals surface area contributed by atoms with Gasteiger partial charge in [-0.15, -0.1) is 10.2 Å². The van der Waals surface area contributed by atoms with Gasteiger partial charge in [0, 0.05) is 6.54 Å². The van der Waals surface area contributed by atoms with Gasteiger partial charge in [-0.2, -0.15) is 0 Å². The van der Waals surface area contributed by atoms with Gasteiger partial charge in [0.25, 0.3) is 0 Å². The molecule has 0 atom stereocenters. The van der Waals surface area contributed by atoms with E-state index >= 15 is 0 Å². The molecule has 3 heterocycles. The van der Waals surface area contributed by atoms with Crippen molar-refractivity contribution < 1.29 is 4.74 Å². The third-order valence-electron chi connectivity index (χ3n) is 4.14. The molecule has 21 heavy (non-hydrogen) atoms. The van der Waals surface area contributed by atoms with E-state index in [-0.39, 0.29) is 0 Å². The highest BCUT2D eigenvalue weighted by molar-refractivity contribution is 5.77. The molecule has 1 aliphatic rings. The molecule has 6 heteroatoms. The molecule has 0 N–H and O–H groups in total. The Kier molecular flexibility index (Phi) is 2.78. The monoisotopic (exact) mass is 283 g/mol. The van der Waals surface area contributed by atoms with Crippen molar-refractivity contribution in [3.63, 3.8) is 0 Å². The van der Waals surface area contributed by atoms with Crippen LogP contribution >= 0.6 is 0 Å². The fourth-order valence-electron chi connectivity index (χ4n) is 2.77. The van der Waals surface area contributed by atoms with Gasteiger partial charge >= 0.3 is 0 Å². The van der Waals surface area contributed by atoms with E-state index in [4.69, 9.17) is 4.74 Å². The lowest BCUT2D eigenvalue weighted by Gasteiger charge is -2.15. The van der Waals surface area contributed by atoms with Crippen LogP contribution in [0.1, 0.15) is 22.8 Å². The molecule has 1 aliphatic heterocycles. The molecule has 0 fully saturated rings. The average Bonchev–Trinajstić information content (AvgIpc) is 3.06. The molecule has 0 radical (unpaired) electrons. The number of aryl methyl sites for hydroxylation is 2. The molecule has 0 amide bonds. The molecule has 0 saturated carbocycles. The van der Waals surface area contributed by atoms with Crippen LogP contribution in [0.25, 0.3) is 11.0 Å². The Bertz CT molecular complexity index is 817. The third-order valence-corrected chi connectivity index (χ3v) is 4.14. The summed E-state index contributed by atoms with van der Waals surface area (Å²) < 4.78 is 9.68. The lowest BCUT2D eigenvalue weighted by atomic mass is 10.1. The van der Waals surface area contributed by atoms with Crippen molar-refractivity contribution in [2.24, 2.45) is 0 Å². The van der Waals surface area contributed by atoms with E-state index < -0.39 is 0 Å². The van der Waals surface area contributed by atoms with Crippen LogP contribution in [0.2, 0.25) is 0 Å². The van der Waals surface area contributed by atoms with Crippen LogP contribution in [0.4, 0.5) is 0 Å². The number of rotatable bonds is 2. The van der Waals surface area contributed by atoms with Crippen LogP contribution in [0.3, 0.4) is 0 Å². The summed E-state index contributed by atoms with van der Waals surface area (Å²) in [5.74, 6) is 1.87.